The van der Waals surface area contributed by atoms with Crippen LogP contribution in [0.5, 0.6) is 0 Å². The van der Waals surface area contributed by atoms with E-state index in [-0.39, 0.29) is 0 Å². The summed E-state index contributed by atoms with van der Waals surface area (Å²) in [6.07, 6.45) is 2.73. The molecular formula is C12H17N5S. The van der Waals surface area contributed by atoms with Crippen molar-refractivity contribution in [3.63, 3.8) is 0 Å². The minimum absolute atomic E-state index is 0.719. The van der Waals surface area contributed by atoms with Crippen LogP contribution in [0.1, 0.15) is 18.7 Å². The van der Waals surface area contributed by atoms with Gasteiger partial charge in [-0.1, -0.05) is 0 Å². The second-order valence-electron chi connectivity index (χ2n) is 4.91. The average Bonchev–Trinajstić information content (AvgIpc) is 3.03. The number of nitrogens with one attached hydrogen (secondary N) is 1. The van der Waals surface area contributed by atoms with Crippen molar-refractivity contribution in [3.8, 4) is 0 Å². The van der Waals surface area contributed by atoms with Crippen LogP contribution in [0.15, 0.2) is 11.4 Å². The van der Waals surface area contributed by atoms with E-state index in [0.29, 0.717) is 0 Å². The van der Waals surface area contributed by atoms with E-state index in [1.807, 2.05) is 11.4 Å². The van der Waals surface area contributed by atoms with E-state index in [0.717, 1.165) is 40.9 Å². The summed E-state index contributed by atoms with van der Waals surface area (Å²) < 4.78 is 0. The highest BCUT2D eigenvalue weighted by Crippen LogP contribution is 2.30. The lowest BCUT2D eigenvalue weighted by atomic mass is 10.3. The van der Waals surface area contributed by atoms with Crippen LogP contribution < -0.4 is 11.3 Å². The van der Waals surface area contributed by atoms with E-state index in [4.69, 9.17) is 5.84 Å². The van der Waals surface area contributed by atoms with Gasteiger partial charge in [0.15, 0.2) is 5.82 Å². The highest BCUT2D eigenvalue weighted by atomic mass is 32.1. The number of hydrogen-bond donors (Lipinski definition) is 2. The van der Waals surface area contributed by atoms with Gasteiger partial charge in [0.25, 0.3) is 0 Å². The molecule has 0 bridgehead atoms. The molecule has 0 amide bonds. The first kappa shape index (κ1) is 11.8. The number of anilines is 1. The summed E-state index contributed by atoms with van der Waals surface area (Å²) >= 11 is 1.62. The van der Waals surface area contributed by atoms with Crippen LogP contribution in [-0.2, 0) is 6.54 Å². The summed E-state index contributed by atoms with van der Waals surface area (Å²) in [6, 6.07) is 1.99. The molecule has 0 atom stereocenters. The first-order valence-corrected chi connectivity index (χ1v) is 7.03. The molecule has 3 N–H and O–H groups in total. The zero-order valence-corrected chi connectivity index (χ0v) is 11.2. The summed E-state index contributed by atoms with van der Waals surface area (Å²) in [4.78, 5) is 12.3. The Hall–Kier alpha value is -1.24. The van der Waals surface area contributed by atoms with Crippen molar-refractivity contribution in [2.75, 3.05) is 19.0 Å². The molecule has 5 nitrogen and oxygen atoms in total. The highest BCUT2D eigenvalue weighted by molar-refractivity contribution is 7.16. The maximum Gasteiger partial charge on any atom is 0.152 e. The van der Waals surface area contributed by atoms with Crippen molar-refractivity contribution in [2.24, 2.45) is 11.8 Å². The predicted octanol–water partition coefficient (Wildman–Crippen LogP) is 1.82. The van der Waals surface area contributed by atoms with Gasteiger partial charge in [0.05, 0.1) is 11.9 Å². The van der Waals surface area contributed by atoms with Gasteiger partial charge < -0.3 is 5.43 Å². The molecule has 96 valence electrons. The average molecular weight is 263 g/mol. The molecule has 2 heterocycles. The molecule has 1 aliphatic rings. The second kappa shape index (κ2) is 4.79. The number of nitrogens with zero attached hydrogens (tertiary/aromatic N) is 3. The van der Waals surface area contributed by atoms with Crippen molar-refractivity contribution >= 4 is 27.4 Å². The molecule has 0 spiro atoms. The molecule has 0 aromatic carbocycles. The number of nitrogen functional groups attached to an aromatic ring is 1. The molecular weight excluding hydrogens is 246 g/mol. The molecule has 1 saturated carbocycles. The van der Waals surface area contributed by atoms with Crippen LogP contribution in [0.25, 0.3) is 10.2 Å². The van der Waals surface area contributed by atoms with Crippen LogP contribution in [-0.4, -0.2) is 28.5 Å². The predicted molar refractivity (Wildman–Crippen MR) is 74.3 cm³/mol. The molecule has 1 fully saturated rings. The third kappa shape index (κ3) is 2.45. The van der Waals surface area contributed by atoms with Crippen molar-refractivity contribution in [3.05, 3.63) is 17.3 Å². The molecule has 2 aromatic heterocycles. The monoisotopic (exact) mass is 263 g/mol. The largest absolute Gasteiger partial charge is 0.308 e. The van der Waals surface area contributed by atoms with Crippen molar-refractivity contribution in [1.29, 1.82) is 0 Å². The zero-order chi connectivity index (χ0) is 12.5. The number of thiophene rings is 1. The number of hydrazine groups is 1. The fourth-order valence-corrected chi connectivity index (χ4v) is 2.91. The maximum atomic E-state index is 5.52. The molecule has 0 unspecified atom stereocenters. The third-order valence-electron chi connectivity index (χ3n) is 3.19. The van der Waals surface area contributed by atoms with Gasteiger partial charge in [0, 0.05) is 6.54 Å². The Balaban J connectivity index is 1.81. The lowest BCUT2D eigenvalue weighted by Crippen LogP contribution is -2.22. The molecule has 1 aliphatic carbocycles. The molecule has 0 saturated heterocycles. The van der Waals surface area contributed by atoms with E-state index in [2.05, 4.69) is 27.3 Å². The Morgan fingerprint density at radius 1 is 1.50 bits per heavy atom. The van der Waals surface area contributed by atoms with Crippen LogP contribution in [0.2, 0.25) is 0 Å². The fourth-order valence-electron chi connectivity index (χ4n) is 2.13. The summed E-state index contributed by atoms with van der Waals surface area (Å²) in [7, 11) is 2.12. The minimum Gasteiger partial charge on any atom is -0.308 e. The molecule has 2 aromatic rings. The lowest BCUT2D eigenvalue weighted by Gasteiger charge is -2.15. The van der Waals surface area contributed by atoms with Gasteiger partial charge in [0.1, 0.15) is 10.7 Å². The quantitative estimate of drug-likeness (QED) is 0.636. The molecule has 18 heavy (non-hydrogen) atoms. The summed E-state index contributed by atoms with van der Waals surface area (Å²) in [5.74, 6) is 7.95. The van der Waals surface area contributed by atoms with Crippen molar-refractivity contribution in [1.82, 2.24) is 14.9 Å². The lowest BCUT2D eigenvalue weighted by molar-refractivity contribution is 0.306. The molecule has 0 aliphatic heterocycles. The number of aromatic nitrogens is 2. The Bertz CT molecular complexity index is 548. The van der Waals surface area contributed by atoms with Crippen LogP contribution >= 0.6 is 11.3 Å². The molecule has 3 rings (SSSR count). The summed E-state index contributed by atoms with van der Waals surface area (Å²) in [6.45, 7) is 1.91. The van der Waals surface area contributed by atoms with Crippen molar-refractivity contribution in [2.45, 2.75) is 19.4 Å². The van der Waals surface area contributed by atoms with E-state index >= 15 is 0 Å². The Labute approximate surface area is 110 Å². The zero-order valence-electron chi connectivity index (χ0n) is 10.4. The van der Waals surface area contributed by atoms with Gasteiger partial charge in [-0.25, -0.2) is 15.8 Å². The van der Waals surface area contributed by atoms with E-state index < -0.39 is 0 Å². The van der Waals surface area contributed by atoms with E-state index in [1.54, 1.807) is 11.3 Å². The Morgan fingerprint density at radius 3 is 3.06 bits per heavy atom. The van der Waals surface area contributed by atoms with E-state index in [1.165, 1.54) is 12.8 Å². The van der Waals surface area contributed by atoms with Gasteiger partial charge in [-0.2, -0.15) is 0 Å². The fraction of sp³-hybridized carbons (Fsp3) is 0.500. The molecule has 0 radical (unpaired) electrons. The summed E-state index contributed by atoms with van der Waals surface area (Å²) in [5.41, 5.74) is 2.66. The van der Waals surface area contributed by atoms with Gasteiger partial charge in [-0.15, -0.1) is 11.3 Å². The number of nitrogens with two attached hydrogens (primary N) is 1. The highest BCUT2D eigenvalue weighted by Gasteiger charge is 2.23. The Morgan fingerprint density at radius 2 is 2.33 bits per heavy atom. The second-order valence-corrected chi connectivity index (χ2v) is 5.81. The smallest absolute Gasteiger partial charge is 0.152 e. The number of rotatable bonds is 5. The van der Waals surface area contributed by atoms with Gasteiger partial charge in [0.2, 0.25) is 0 Å². The number of hydrogen-bond acceptors (Lipinski definition) is 6. The topological polar surface area (TPSA) is 67.1 Å². The first-order chi connectivity index (χ1) is 8.76. The van der Waals surface area contributed by atoms with Gasteiger partial charge in [-0.05, 0) is 37.3 Å². The Kier molecular flexibility index (Phi) is 3.15. The SMILES string of the molecule is CN(Cc1nc(NN)c2ccsc2n1)CC1CC1. The van der Waals surface area contributed by atoms with Crippen molar-refractivity contribution < 1.29 is 0 Å². The van der Waals surface area contributed by atoms with Gasteiger partial charge >= 0.3 is 0 Å². The third-order valence-corrected chi connectivity index (χ3v) is 3.99. The molecule has 6 heteroatoms. The first-order valence-electron chi connectivity index (χ1n) is 6.15. The van der Waals surface area contributed by atoms with E-state index in [9.17, 15) is 0 Å². The van der Waals surface area contributed by atoms with Crippen LogP contribution in [0, 0.1) is 5.92 Å². The van der Waals surface area contributed by atoms with Crippen LogP contribution in [0.4, 0.5) is 5.82 Å². The normalized spacial score (nSPS) is 15.5. The maximum absolute atomic E-state index is 5.52. The van der Waals surface area contributed by atoms with Gasteiger partial charge in [-0.3, -0.25) is 4.90 Å². The standard InChI is InChI=1S/C12H17N5S/c1-17(6-8-2-3-8)7-10-14-11(16-13)9-4-5-18-12(9)15-10/h4-5,8H,2-3,6-7,13H2,1H3,(H,14,15,16). The van der Waals surface area contributed by atoms with Crippen LogP contribution in [0.3, 0.4) is 0 Å². The summed E-state index contributed by atoms with van der Waals surface area (Å²) in [5, 5.41) is 3.01. The number of fused-ring (bicyclic) bond motifs is 1. The minimum atomic E-state index is 0.719.